The van der Waals surface area contributed by atoms with E-state index in [2.05, 4.69) is 0 Å². The van der Waals surface area contributed by atoms with Crippen LogP contribution < -0.4 is 22.1 Å². The Kier molecular flexibility index (Phi) is 9.86. The maximum absolute atomic E-state index is 11.2. The van der Waals surface area contributed by atoms with Crippen molar-refractivity contribution >= 4 is 55.1 Å². The van der Waals surface area contributed by atoms with Crippen molar-refractivity contribution in [2.75, 3.05) is 22.9 Å². The highest BCUT2D eigenvalue weighted by molar-refractivity contribution is 8.12. The summed E-state index contributed by atoms with van der Waals surface area (Å²) in [5.74, 6) is 0. The highest BCUT2D eigenvalue weighted by atomic mass is 32.3. The highest BCUT2D eigenvalue weighted by Gasteiger charge is 2.38. The summed E-state index contributed by atoms with van der Waals surface area (Å²) in [6.07, 6.45) is 0. The van der Waals surface area contributed by atoms with Crippen molar-refractivity contribution in [2.45, 2.75) is 33.1 Å². The van der Waals surface area contributed by atoms with Gasteiger partial charge in [0.25, 0.3) is 20.2 Å². The quantitative estimate of drug-likeness (QED) is 0.423. The molecule has 180 valence electrons. The number of nitrogens with zero attached hydrogens (tertiary/aromatic N) is 2. The molecule has 2 heterocycles. The Labute approximate surface area is 197 Å². The lowest BCUT2D eigenvalue weighted by atomic mass is 10.3. The number of benzene rings is 2. The van der Waals surface area contributed by atoms with Gasteiger partial charge in [-0.05, 0) is 38.1 Å². The minimum Gasteiger partial charge on any atom is -0.344 e. The van der Waals surface area contributed by atoms with Gasteiger partial charge in [-0.2, -0.15) is 16.8 Å². The molecule has 2 aliphatic rings. The van der Waals surface area contributed by atoms with Crippen LogP contribution in [-0.4, -0.2) is 48.4 Å². The van der Waals surface area contributed by atoms with Crippen LogP contribution in [0, 0.1) is 0 Å². The molecule has 2 aromatic rings. The number of fused-ring (bicyclic) bond motifs is 2. The van der Waals surface area contributed by atoms with Crippen LogP contribution in [0.3, 0.4) is 0 Å². The second kappa shape index (κ2) is 11.1. The van der Waals surface area contributed by atoms with Crippen molar-refractivity contribution < 1.29 is 25.9 Å². The predicted octanol–water partition coefficient (Wildman–Crippen LogP) is 3.90. The molecule has 4 rings (SSSR count). The molecule has 0 bridgehead atoms. The lowest BCUT2D eigenvalue weighted by Gasteiger charge is -2.22. The first-order chi connectivity index (χ1) is 14.1. The summed E-state index contributed by atoms with van der Waals surface area (Å²) in [5, 5.41) is 0. The Morgan fingerprint density at radius 3 is 1.31 bits per heavy atom. The predicted molar refractivity (Wildman–Crippen MR) is 131 cm³/mol. The van der Waals surface area contributed by atoms with Gasteiger partial charge in [0, 0.05) is 22.9 Å². The standard InChI is InChI=1S/2C9H11NO3S2.2H3N/c2*1-2-10-7-5-3-4-6-8(7)14-9(10)15(11,12)13;;/h2*3-6,9H,2H2,1H3,(H,11,12,13);2*1H3. The summed E-state index contributed by atoms with van der Waals surface area (Å²) in [4.78, 5) is 5.13. The Morgan fingerprint density at radius 2 is 1.03 bits per heavy atom. The van der Waals surface area contributed by atoms with Gasteiger partial charge in [-0.25, -0.2) is 0 Å². The van der Waals surface area contributed by atoms with Crippen LogP contribution in [0.25, 0.3) is 0 Å². The van der Waals surface area contributed by atoms with Gasteiger partial charge >= 0.3 is 0 Å². The molecule has 2 aromatic carbocycles. The topological polar surface area (TPSA) is 185 Å². The Balaban J connectivity index is 0.000000301. The molecule has 14 heteroatoms. The molecule has 2 aliphatic heterocycles. The molecule has 0 aliphatic carbocycles. The lowest BCUT2D eigenvalue weighted by molar-refractivity contribution is 0.476. The van der Waals surface area contributed by atoms with E-state index >= 15 is 0 Å². The van der Waals surface area contributed by atoms with Gasteiger partial charge in [0.2, 0.25) is 9.41 Å². The summed E-state index contributed by atoms with van der Waals surface area (Å²) >= 11 is 2.33. The molecular formula is C18H28N4O6S4. The van der Waals surface area contributed by atoms with Gasteiger partial charge < -0.3 is 22.1 Å². The van der Waals surface area contributed by atoms with Crippen molar-refractivity contribution in [3.63, 3.8) is 0 Å². The average Bonchev–Trinajstić information content (AvgIpc) is 3.26. The third-order valence-corrected chi connectivity index (χ3v) is 10.2. The monoisotopic (exact) mass is 524 g/mol. The van der Waals surface area contributed by atoms with E-state index in [-0.39, 0.29) is 12.3 Å². The lowest BCUT2D eigenvalue weighted by Crippen LogP contribution is -2.35. The molecule has 0 fully saturated rings. The summed E-state index contributed by atoms with van der Waals surface area (Å²) < 4.78 is 61.1. The van der Waals surface area contributed by atoms with Crippen molar-refractivity contribution in [2.24, 2.45) is 0 Å². The zero-order valence-electron chi connectivity index (χ0n) is 17.7. The molecule has 0 aromatic heterocycles. The zero-order valence-corrected chi connectivity index (χ0v) is 20.9. The number of hydrogen-bond acceptors (Lipinski definition) is 10. The second-order valence-corrected chi connectivity index (χ2v) is 12.2. The van der Waals surface area contributed by atoms with E-state index in [0.717, 1.165) is 44.7 Å². The fourth-order valence-electron chi connectivity index (χ4n) is 3.24. The largest absolute Gasteiger partial charge is 0.344 e. The SMILES string of the molecule is CCN1c2ccccc2SC1S(=O)(=O)O.CCN1c2ccccc2SC1S(=O)(=O)O.N.N. The summed E-state index contributed by atoms with van der Waals surface area (Å²) in [5.41, 5.74) is 1.74. The molecule has 10 nitrogen and oxygen atoms in total. The van der Waals surface area contributed by atoms with Crippen LogP contribution in [-0.2, 0) is 20.2 Å². The summed E-state index contributed by atoms with van der Waals surface area (Å²) in [6.45, 7) is 4.82. The van der Waals surface area contributed by atoms with Crippen LogP contribution in [0.5, 0.6) is 0 Å². The van der Waals surface area contributed by atoms with Crippen LogP contribution in [0.4, 0.5) is 11.4 Å². The van der Waals surface area contributed by atoms with Gasteiger partial charge in [0.1, 0.15) is 0 Å². The van der Waals surface area contributed by atoms with E-state index in [0.29, 0.717) is 13.1 Å². The number of hydrogen-bond donors (Lipinski definition) is 4. The van der Waals surface area contributed by atoms with Crippen LogP contribution in [0.2, 0.25) is 0 Å². The maximum Gasteiger partial charge on any atom is 0.296 e. The van der Waals surface area contributed by atoms with E-state index < -0.39 is 29.6 Å². The first kappa shape index (κ1) is 28.5. The molecule has 2 atom stereocenters. The van der Waals surface area contributed by atoms with Gasteiger partial charge in [-0.1, -0.05) is 47.8 Å². The van der Waals surface area contributed by atoms with Crippen LogP contribution in [0.15, 0.2) is 58.3 Å². The van der Waals surface area contributed by atoms with Gasteiger partial charge in [-0.15, -0.1) is 0 Å². The van der Waals surface area contributed by atoms with Gasteiger partial charge in [0.05, 0.1) is 11.4 Å². The van der Waals surface area contributed by atoms with E-state index in [9.17, 15) is 16.8 Å². The van der Waals surface area contributed by atoms with Crippen molar-refractivity contribution in [3.8, 4) is 0 Å². The summed E-state index contributed by atoms with van der Waals surface area (Å²) in [7, 11) is -8.09. The molecule has 0 amide bonds. The minimum atomic E-state index is -4.04. The minimum absolute atomic E-state index is 0. The molecular weight excluding hydrogens is 496 g/mol. The van der Waals surface area contributed by atoms with E-state index in [1.165, 1.54) is 0 Å². The molecule has 0 spiro atoms. The number of anilines is 2. The molecule has 2 unspecified atom stereocenters. The fraction of sp³-hybridized carbons (Fsp3) is 0.333. The Bertz CT molecular complexity index is 1040. The molecule has 32 heavy (non-hydrogen) atoms. The number of thioether (sulfide) groups is 2. The average molecular weight is 525 g/mol. The molecule has 0 saturated heterocycles. The van der Waals surface area contributed by atoms with Crippen LogP contribution >= 0.6 is 23.5 Å². The van der Waals surface area contributed by atoms with Crippen LogP contribution in [0.1, 0.15) is 13.8 Å². The smallest absolute Gasteiger partial charge is 0.296 e. The van der Waals surface area contributed by atoms with Gasteiger partial charge in [-0.3, -0.25) is 9.11 Å². The molecule has 0 radical (unpaired) electrons. The number of rotatable bonds is 4. The zero-order chi connectivity index (χ0) is 22.1. The van der Waals surface area contributed by atoms with Crippen molar-refractivity contribution in [1.29, 1.82) is 0 Å². The second-order valence-electron chi connectivity index (χ2n) is 6.39. The van der Waals surface area contributed by atoms with E-state index in [1.807, 2.05) is 62.4 Å². The Morgan fingerprint density at radius 1 is 0.719 bits per heavy atom. The third kappa shape index (κ3) is 5.88. The number of para-hydroxylation sites is 2. The first-order valence-corrected chi connectivity index (χ1v) is 13.8. The van der Waals surface area contributed by atoms with Crippen molar-refractivity contribution in [3.05, 3.63) is 48.5 Å². The first-order valence-electron chi connectivity index (χ1n) is 9.05. The molecule has 8 N–H and O–H groups in total. The maximum atomic E-state index is 11.2. The van der Waals surface area contributed by atoms with Crippen molar-refractivity contribution in [1.82, 2.24) is 12.3 Å². The van der Waals surface area contributed by atoms with E-state index in [1.54, 1.807) is 9.80 Å². The third-order valence-electron chi connectivity index (χ3n) is 4.50. The van der Waals surface area contributed by atoms with E-state index in [4.69, 9.17) is 9.11 Å². The van der Waals surface area contributed by atoms with Gasteiger partial charge in [0.15, 0.2) is 0 Å². The summed E-state index contributed by atoms with van der Waals surface area (Å²) in [6, 6.07) is 14.8. The normalized spacial score (nSPS) is 19.1. The highest BCUT2D eigenvalue weighted by Crippen LogP contribution is 2.45. The Hall–Kier alpha value is -1.52. The fourth-order valence-corrected chi connectivity index (χ4v) is 8.15. The molecule has 0 saturated carbocycles.